The second-order valence-corrected chi connectivity index (χ2v) is 10.7. The highest BCUT2D eigenvalue weighted by molar-refractivity contribution is 4.93. The molecule has 1 aliphatic carbocycles. The van der Waals surface area contributed by atoms with Crippen LogP contribution in [0.3, 0.4) is 0 Å². The number of ether oxygens (including phenoxy) is 4. The molecule has 0 aromatic heterocycles. The number of rotatable bonds is 13. The highest BCUT2D eigenvalue weighted by Gasteiger charge is 2.40. The van der Waals surface area contributed by atoms with Crippen molar-refractivity contribution in [2.75, 3.05) is 39.5 Å². The molecule has 5 heteroatoms. The summed E-state index contributed by atoms with van der Waals surface area (Å²) in [7, 11) is 0. The Morgan fingerprint density at radius 2 is 1.46 bits per heavy atom. The predicted molar refractivity (Wildman–Crippen MR) is 114 cm³/mol. The zero-order valence-corrected chi connectivity index (χ0v) is 19.3. The first-order valence-electron chi connectivity index (χ1n) is 11.3. The topological polar surface area (TPSA) is 49.0 Å². The third kappa shape index (κ3) is 9.53. The van der Waals surface area contributed by atoms with Crippen LogP contribution in [-0.4, -0.2) is 62.9 Å². The van der Waals surface area contributed by atoms with E-state index in [0.29, 0.717) is 17.6 Å². The molecule has 2 fully saturated rings. The van der Waals surface area contributed by atoms with Gasteiger partial charge in [-0.15, -0.1) is 0 Å². The summed E-state index contributed by atoms with van der Waals surface area (Å²) in [6, 6.07) is 0. The maximum absolute atomic E-state index is 6.21. The van der Waals surface area contributed by atoms with Crippen LogP contribution in [0.15, 0.2) is 0 Å². The number of nitrogens with one attached hydrogen (secondary N) is 1. The molecule has 28 heavy (non-hydrogen) atoms. The molecule has 0 unspecified atom stereocenters. The van der Waals surface area contributed by atoms with Crippen LogP contribution in [0.2, 0.25) is 0 Å². The van der Waals surface area contributed by atoms with Crippen molar-refractivity contribution in [3.05, 3.63) is 0 Å². The van der Waals surface area contributed by atoms with Gasteiger partial charge in [0.15, 0.2) is 0 Å². The molecule has 166 valence electrons. The third-order valence-corrected chi connectivity index (χ3v) is 5.41. The second-order valence-electron chi connectivity index (χ2n) is 10.7. The highest BCUT2D eigenvalue weighted by atomic mass is 16.5. The van der Waals surface area contributed by atoms with Gasteiger partial charge in [-0.2, -0.15) is 0 Å². The minimum absolute atomic E-state index is 0.0337. The number of unbranched alkanes of at least 4 members (excludes halogenated alkanes) is 1. The lowest BCUT2D eigenvalue weighted by Gasteiger charge is -2.45. The predicted octanol–water partition coefficient (Wildman–Crippen LogP) is 4.33. The van der Waals surface area contributed by atoms with Crippen molar-refractivity contribution >= 4 is 0 Å². The van der Waals surface area contributed by atoms with Gasteiger partial charge in [0.25, 0.3) is 0 Å². The molecule has 0 aromatic rings. The first-order valence-corrected chi connectivity index (χ1v) is 11.3. The molecule has 0 radical (unpaired) electrons. The Balaban J connectivity index is 1.46. The van der Waals surface area contributed by atoms with E-state index >= 15 is 0 Å². The van der Waals surface area contributed by atoms with Crippen molar-refractivity contribution in [2.45, 2.75) is 103 Å². The Bertz CT molecular complexity index is 431. The maximum atomic E-state index is 6.21. The van der Waals surface area contributed by atoms with Crippen LogP contribution in [0.4, 0.5) is 0 Å². The van der Waals surface area contributed by atoms with E-state index in [1.54, 1.807) is 0 Å². The van der Waals surface area contributed by atoms with Crippen LogP contribution in [0.1, 0.15) is 80.1 Å². The van der Waals surface area contributed by atoms with E-state index in [1.165, 1.54) is 6.42 Å². The zero-order chi connectivity index (χ0) is 20.7. The summed E-state index contributed by atoms with van der Waals surface area (Å²) < 4.78 is 23.8. The van der Waals surface area contributed by atoms with Gasteiger partial charge in [-0.25, -0.2) is 0 Å². The van der Waals surface area contributed by atoms with Crippen LogP contribution in [0.5, 0.6) is 0 Å². The fraction of sp³-hybridized carbons (Fsp3) is 1.00. The fourth-order valence-electron chi connectivity index (χ4n) is 3.71. The molecule has 2 rings (SSSR count). The van der Waals surface area contributed by atoms with Crippen molar-refractivity contribution in [2.24, 2.45) is 5.41 Å². The lowest BCUT2D eigenvalue weighted by molar-refractivity contribution is -0.161. The van der Waals surface area contributed by atoms with Gasteiger partial charge in [-0.05, 0) is 80.1 Å². The lowest BCUT2D eigenvalue weighted by atomic mass is 9.78. The van der Waals surface area contributed by atoms with E-state index in [4.69, 9.17) is 18.9 Å². The average molecular weight is 400 g/mol. The summed E-state index contributed by atoms with van der Waals surface area (Å²) in [5.74, 6) is 0. The van der Waals surface area contributed by atoms with Crippen LogP contribution in [-0.2, 0) is 18.9 Å². The van der Waals surface area contributed by atoms with E-state index in [0.717, 1.165) is 71.6 Å². The Morgan fingerprint density at radius 1 is 0.821 bits per heavy atom. The lowest BCUT2D eigenvalue weighted by Crippen LogP contribution is -2.57. The van der Waals surface area contributed by atoms with Gasteiger partial charge in [0.1, 0.15) is 0 Å². The minimum atomic E-state index is -0.0473. The monoisotopic (exact) mass is 399 g/mol. The molecule has 0 atom stereocenters. The van der Waals surface area contributed by atoms with Crippen molar-refractivity contribution in [1.29, 1.82) is 0 Å². The van der Waals surface area contributed by atoms with E-state index < -0.39 is 0 Å². The summed E-state index contributed by atoms with van der Waals surface area (Å²) in [5.41, 5.74) is 0.238. The SMILES string of the molecule is CC(C)(C)OCCCCOCCCC1(COC2CC(OC(C)(C)C)C2)CNC1. The molecule has 1 N–H and O–H groups in total. The normalized spacial score (nSPS) is 24.6. The number of hydrogen-bond donors (Lipinski definition) is 1. The van der Waals surface area contributed by atoms with Crippen LogP contribution < -0.4 is 5.32 Å². The van der Waals surface area contributed by atoms with Crippen molar-refractivity contribution in [1.82, 2.24) is 5.32 Å². The van der Waals surface area contributed by atoms with Crippen molar-refractivity contribution in [3.63, 3.8) is 0 Å². The molecule has 0 bridgehead atoms. The largest absolute Gasteiger partial charge is 0.381 e. The molecule has 1 aliphatic heterocycles. The summed E-state index contributed by atoms with van der Waals surface area (Å²) in [6.45, 7) is 18.2. The Kier molecular flexibility index (Phi) is 9.21. The van der Waals surface area contributed by atoms with Gasteiger partial charge in [0, 0.05) is 38.3 Å². The zero-order valence-electron chi connectivity index (χ0n) is 19.3. The summed E-state index contributed by atoms with van der Waals surface area (Å²) in [4.78, 5) is 0. The van der Waals surface area contributed by atoms with Crippen molar-refractivity contribution in [3.8, 4) is 0 Å². The number of hydrogen-bond acceptors (Lipinski definition) is 5. The standard InChI is InChI=1S/C23H45NO4/c1-21(2,3)27-13-8-7-11-25-12-9-10-23(16-24-17-23)18-26-19-14-20(15-19)28-22(4,5)6/h19-20,24H,7-18H2,1-6H3. The molecular formula is C23H45NO4. The van der Waals surface area contributed by atoms with Gasteiger partial charge in [0.05, 0.1) is 30.0 Å². The Morgan fingerprint density at radius 3 is 2.04 bits per heavy atom. The average Bonchev–Trinajstić information content (AvgIpc) is 2.49. The Hall–Kier alpha value is -0.200. The summed E-state index contributed by atoms with van der Waals surface area (Å²) in [5, 5.41) is 3.43. The van der Waals surface area contributed by atoms with Crippen LogP contribution >= 0.6 is 0 Å². The first-order chi connectivity index (χ1) is 13.1. The molecule has 5 nitrogen and oxygen atoms in total. The smallest absolute Gasteiger partial charge is 0.0631 e. The van der Waals surface area contributed by atoms with Gasteiger partial charge in [-0.3, -0.25) is 0 Å². The molecule has 0 amide bonds. The Labute approximate surface area is 173 Å². The van der Waals surface area contributed by atoms with Crippen LogP contribution in [0.25, 0.3) is 0 Å². The molecule has 2 aliphatic rings. The molecule has 1 saturated carbocycles. The third-order valence-electron chi connectivity index (χ3n) is 5.41. The van der Waals surface area contributed by atoms with E-state index in [9.17, 15) is 0 Å². The second kappa shape index (κ2) is 10.7. The van der Waals surface area contributed by atoms with E-state index in [2.05, 4.69) is 46.9 Å². The quantitative estimate of drug-likeness (QED) is 0.467. The van der Waals surface area contributed by atoms with E-state index in [-0.39, 0.29) is 11.2 Å². The summed E-state index contributed by atoms with van der Waals surface area (Å²) in [6.07, 6.45) is 7.29. The van der Waals surface area contributed by atoms with Gasteiger partial charge in [-0.1, -0.05) is 0 Å². The van der Waals surface area contributed by atoms with Gasteiger partial charge >= 0.3 is 0 Å². The molecular weight excluding hydrogens is 354 g/mol. The molecule has 1 saturated heterocycles. The maximum Gasteiger partial charge on any atom is 0.0631 e. The van der Waals surface area contributed by atoms with E-state index in [1.807, 2.05) is 0 Å². The first kappa shape index (κ1) is 24.1. The summed E-state index contributed by atoms with van der Waals surface area (Å²) >= 11 is 0. The highest BCUT2D eigenvalue weighted by Crippen LogP contribution is 2.34. The van der Waals surface area contributed by atoms with Crippen molar-refractivity contribution < 1.29 is 18.9 Å². The molecule has 1 heterocycles. The fourth-order valence-corrected chi connectivity index (χ4v) is 3.71. The van der Waals surface area contributed by atoms with Gasteiger partial charge < -0.3 is 24.3 Å². The van der Waals surface area contributed by atoms with Crippen LogP contribution in [0, 0.1) is 5.41 Å². The minimum Gasteiger partial charge on any atom is -0.381 e. The molecule has 0 spiro atoms. The van der Waals surface area contributed by atoms with Gasteiger partial charge in [0.2, 0.25) is 0 Å². The molecule has 0 aromatic carbocycles.